The maximum Gasteiger partial charge on any atom is 0.387 e. The lowest BCUT2D eigenvalue weighted by Gasteiger charge is -2.23. The van der Waals surface area contributed by atoms with Crippen LogP contribution in [0.25, 0.3) is 0 Å². The normalized spacial score (nSPS) is 10.3. The van der Waals surface area contributed by atoms with E-state index in [9.17, 15) is 13.6 Å². The minimum Gasteiger partial charge on any atom is -0.435 e. The Balaban J connectivity index is 0.00000338. The second kappa shape index (κ2) is 11.4. The van der Waals surface area contributed by atoms with Crippen LogP contribution in [0.1, 0.15) is 17.5 Å². The maximum absolute atomic E-state index is 12.6. The number of amides is 1. The first-order chi connectivity index (χ1) is 12.1. The molecular formula is C19H23ClF2N2O2. The van der Waals surface area contributed by atoms with Gasteiger partial charge in [0.15, 0.2) is 0 Å². The van der Waals surface area contributed by atoms with Crippen molar-refractivity contribution in [3.63, 3.8) is 0 Å². The molecule has 2 N–H and O–H groups in total. The number of benzene rings is 2. The Labute approximate surface area is 158 Å². The molecule has 2 aromatic carbocycles. The number of carbonyl (C=O) groups excluding carboxylic acids is 1. The van der Waals surface area contributed by atoms with Crippen molar-refractivity contribution >= 4 is 18.3 Å². The number of hydrogen-bond acceptors (Lipinski definition) is 3. The number of rotatable bonds is 9. The maximum atomic E-state index is 12.6. The van der Waals surface area contributed by atoms with Crippen LogP contribution in [0, 0.1) is 0 Å². The van der Waals surface area contributed by atoms with Gasteiger partial charge in [0.25, 0.3) is 0 Å². The number of ether oxygens (including phenoxy) is 1. The Morgan fingerprint density at radius 1 is 1.04 bits per heavy atom. The highest BCUT2D eigenvalue weighted by Gasteiger charge is 2.14. The largest absolute Gasteiger partial charge is 0.435 e. The van der Waals surface area contributed by atoms with Gasteiger partial charge in [0, 0.05) is 13.1 Å². The molecule has 0 saturated heterocycles. The fourth-order valence-corrected chi connectivity index (χ4v) is 2.45. The molecule has 0 bridgehead atoms. The number of nitrogens with zero attached hydrogens (tertiary/aromatic N) is 1. The molecule has 0 saturated carbocycles. The smallest absolute Gasteiger partial charge is 0.387 e. The molecular weight excluding hydrogens is 362 g/mol. The van der Waals surface area contributed by atoms with Gasteiger partial charge in [-0.15, -0.1) is 12.4 Å². The highest BCUT2D eigenvalue weighted by atomic mass is 35.5. The highest BCUT2D eigenvalue weighted by molar-refractivity contribution is 5.85. The van der Waals surface area contributed by atoms with Crippen molar-refractivity contribution in [1.29, 1.82) is 0 Å². The third-order valence-electron chi connectivity index (χ3n) is 3.70. The van der Waals surface area contributed by atoms with Gasteiger partial charge < -0.3 is 15.4 Å². The summed E-state index contributed by atoms with van der Waals surface area (Å²) >= 11 is 0. The fraction of sp³-hybridized carbons (Fsp3) is 0.316. The molecule has 0 aromatic heterocycles. The topological polar surface area (TPSA) is 55.6 Å². The van der Waals surface area contributed by atoms with Crippen molar-refractivity contribution in [2.24, 2.45) is 5.73 Å². The number of hydrogen-bond donors (Lipinski definition) is 1. The van der Waals surface area contributed by atoms with Crippen molar-refractivity contribution in [1.82, 2.24) is 4.90 Å². The van der Waals surface area contributed by atoms with Crippen LogP contribution in [0.2, 0.25) is 0 Å². The number of carbonyl (C=O) groups is 1. The molecule has 0 unspecified atom stereocenters. The Morgan fingerprint density at radius 2 is 1.69 bits per heavy atom. The van der Waals surface area contributed by atoms with Gasteiger partial charge in [-0.1, -0.05) is 42.5 Å². The SMILES string of the molecule is Cl.NCCCN(Cc1ccccc1)C(=O)Cc1ccc(OC(F)F)cc1. The first kappa shape index (κ1) is 21.9. The number of nitrogens with two attached hydrogens (primary N) is 1. The lowest BCUT2D eigenvalue weighted by Crippen LogP contribution is -2.33. The number of halogens is 3. The fourth-order valence-electron chi connectivity index (χ4n) is 2.45. The third kappa shape index (κ3) is 7.37. The Kier molecular flexibility index (Phi) is 9.62. The molecule has 2 rings (SSSR count). The Morgan fingerprint density at radius 3 is 2.27 bits per heavy atom. The minimum absolute atomic E-state index is 0. The Bertz CT molecular complexity index is 654. The first-order valence-corrected chi connectivity index (χ1v) is 8.14. The molecule has 142 valence electrons. The van der Waals surface area contributed by atoms with Crippen LogP contribution in [0.4, 0.5) is 8.78 Å². The van der Waals surface area contributed by atoms with Crippen molar-refractivity contribution in [3.05, 3.63) is 65.7 Å². The molecule has 0 atom stereocenters. The summed E-state index contributed by atoms with van der Waals surface area (Å²) in [5.41, 5.74) is 7.36. The van der Waals surface area contributed by atoms with Gasteiger partial charge in [-0.05, 0) is 36.2 Å². The van der Waals surface area contributed by atoms with Crippen molar-refractivity contribution in [3.8, 4) is 5.75 Å². The van der Waals surface area contributed by atoms with Crippen molar-refractivity contribution in [2.45, 2.75) is 26.0 Å². The average molecular weight is 385 g/mol. The molecule has 2 aromatic rings. The summed E-state index contributed by atoms with van der Waals surface area (Å²) in [6.45, 7) is -1.24. The van der Waals surface area contributed by atoms with Crippen LogP contribution in [0.15, 0.2) is 54.6 Å². The van der Waals surface area contributed by atoms with Gasteiger partial charge in [-0.3, -0.25) is 4.79 Å². The van der Waals surface area contributed by atoms with Crippen molar-refractivity contribution in [2.75, 3.05) is 13.1 Å². The molecule has 4 nitrogen and oxygen atoms in total. The molecule has 0 aliphatic heterocycles. The van der Waals surface area contributed by atoms with Gasteiger partial charge in [0.1, 0.15) is 5.75 Å². The van der Waals surface area contributed by atoms with E-state index in [0.29, 0.717) is 19.6 Å². The van der Waals surface area contributed by atoms with Crippen molar-refractivity contribution < 1.29 is 18.3 Å². The summed E-state index contributed by atoms with van der Waals surface area (Å²) in [5.74, 6) is 0.0512. The summed E-state index contributed by atoms with van der Waals surface area (Å²) < 4.78 is 28.6. The van der Waals surface area contributed by atoms with Crippen LogP contribution >= 0.6 is 12.4 Å². The van der Waals surface area contributed by atoms with E-state index in [0.717, 1.165) is 17.5 Å². The second-order valence-corrected chi connectivity index (χ2v) is 5.64. The summed E-state index contributed by atoms with van der Waals surface area (Å²) in [6, 6.07) is 15.9. The zero-order valence-corrected chi connectivity index (χ0v) is 15.1. The predicted molar refractivity (Wildman–Crippen MR) is 99.6 cm³/mol. The summed E-state index contributed by atoms with van der Waals surface area (Å²) in [4.78, 5) is 14.4. The monoisotopic (exact) mass is 384 g/mol. The van der Waals surface area contributed by atoms with Gasteiger partial charge >= 0.3 is 6.61 Å². The molecule has 0 spiro atoms. The molecule has 0 heterocycles. The van der Waals surface area contributed by atoms with Gasteiger partial charge in [-0.2, -0.15) is 8.78 Å². The van der Waals surface area contributed by atoms with Crippen LogP contribution < -0.4 is 10.5 Å². The van der Waals surface area contributed by atoms with Crippen LogP contribution in [-0.4, -0.2) is 30.5 Å². The van der Waals surface area contributed by atoms with E-state index in [4.69, 9.17) is 5.73 Å². The Hall–Kier alpha value is -2.18. The van der Waals surface area contributed by atoms with Gasteiger partial charge in [0.05, 0.1) is 6.42 Å². The standard InChI is InChI=1S/C19H22F2N2O2.ClH/c20-19(21)25-17-9-7-15(8-10-17)13-18(24)23(12-4-11-22)14-16-5-2-1-3-6-16;/h1-3,5-10,19H,4,11-14,22H2;1H. The zero-order valence-electron chi connectivity index (χ0n) is 14.3. The second-order valence-electron chi connectivity index (χ2n) is 5.64. The first-order valence-electron chi connectivity index (χ1n) is 8.14. The molecule has 0 fully saturated rings. The van der Waals surface area contributed by atoms with E-state index < -0.39 is 6.61 Å². The summed E-state index contributed by atoms with van der Waals surface area (Å²) in [5, 5.41) is 0. The average Bonchev–Trinajstić information content (AvgIpc) is 2.60. The molecule has 0 aliphatic carbocycles. The lowest BCUT2D eigenvalue weighted by atomic mass is 10.1. The zero-order chi connectivity index (χ0) is 18.1. The quantitative estimate of drug-likeness (QED) is 0.718. The van der Waals surface area contributed by atoms with E-state index in [-0.39, 0.29) is 30.5 Å². The van der Waals surface area contributed by atoms with E-state index in [1.165, 1.54) is 12.1 Å². The lowest BCUT2D eigenvalue weighted by molar-refractivity contribution is -0.131. The molecule has 0 aliphatic rings. The third-order valence-corrected chi connectivity index (χ3v) is 3.70. The van der Waals surface area contributed by atoms with Gasteiger partial charge in [0.2, 0.25) is 5.91 Å². The summed E-state index contributed by atoms with van der Waals surface area (Å²) in [7, 11) is 0. The van der Waals surface area contributed by atoms with Gasteiger partial charge in [-0.25, -0.2) is 0 Å². The predicted octanol–water partition coefficient (Wildman–Crippen LogP) is 3.63. The molecule has 1 amide bonds. The van der Waals surface area contributed by atoms with E-state index >= 15 is 0 Å². The molecule has 0 radical (unpaired) electrons. The van der Waals surface area contributed by atoms with E-state index in [1.807, 2.05) is 30.3 Å². The van der Waals surface area contributed by atoms with E-state index in [1.54, 1.807) is 17.0 Å². The summed E-state index contributed by atoms with van der Waals surface area (Å²) in [6.07, 6.45) is 0.923. The van der Waals surface area contributed by atoms with Crippen LogP contribution in [0.3, 0.4) is 0 Å². The minimum atomic E-state index is -2.86. The molecule has 26 heavy (non-hydrogen) atoms. The highest BCUT2D eigenvalue weighted by Crippen LogP contribution is 2.16. The van der Waals surface area contributed by atoms with Crippen LogP contribution in [-0.2, 0) is 17.8 Å². The number of alkyl halides is 2. The van der Waals surface area contributed by atoms with Crippen LogP contribution in [0.5, 0.6) is 5.75 Å². The molecule has 7 heteroatoms. The van der Waals surface area contributed by atoms with E-state index in [2.05, 4.69) is 4.74 Å².